The molecule has 0 atom stereocenters. The maximum atomic E-state index is 13.5. The first-order valence-electron chi connectivity index (χ1n) is 6.73. The lowest BCUT2D eigenvalue weighted by molar-refractivity contribution is -0.274. The summed E-state index contributed by atoms with van der Waals surface area (Å²) in [4.78, 5) is 11.9. The Kier molecular flexibility index (Phi) is 5.06. The fraction of sp³-hybridized carbons (Fsp3) is 0.188. The van der Waals surface area contributed by atoms with E-state index in [1.807, 2.05) is 0 Å². The molecule has 0 amide bonds. The third-order valence-corrected chi connectivity index (χ3v) is 2.93. The maximum Gasteiger partial charge on any atom is 0.573 e. The molecule has 0 fully saturated rings. The highest BCUT2D eigenvalue weighted by Gasteiger charge is 2.31. The number of ether oxygens (including phenoxy) is 2. The van der Waals surface area contributed by atoms with Crippen LogP contribution >= 0.6 is 0 Å². The zero-order valence-electron chi connectivity index (χ0n) is 12.3. The highest BCUT2D eigenvalue weighted by atomic mass is 19.4. The van der Waals surface area contributed by atoms with E-state index in [0.717, 1.165) is 12.1 Å². The quantitative estimate of drug-likeness (QED) is 0.594. The topological polar surface area (TPSA) is 35.5 Å². The Bertz CT molecular complexity index is 756. The van der Waals surface area contributed by atoms with Crippen LogP contribution in [0.15, 0.2) is 36.4 Å². The second kappa shape index (κ2) is 6.86. The van der Waals surface area contributed by atoms with Gasteiger partial charge in [-0.2, -0.15) is 0 Å². The molecule has 3 nitrogen and oxygen atoms in total. The third-order valence-electron chi connectivity index (χ3n) is 2.93. The van der Waals surface area contributed by atoms with Gasteiger partial charge in [0.2, 0.25) is 0 Å². The van der Waals surface area contributed by atoms with E-state index < -0.39 is 29.7 Å². The number of halogens is 5. The van der Waals surface area contributed by atoms with Gasteiger partial charge in [-0.3, -0.25) is 0 Å². The summed E-state index contributed by atoms with van der Waals surface area (Å²) >= 11 is 0. The van der Waals surface area contributed by atoms with Gasteiger partial charge in [0.05, 0.1) is 12.2 Å². The van der Waals surface area contributed by atoms with Crippen LogP contribution in [-0.4, -0.2) is 18.9 Å². The molecule has 0 aromatic heterocycles. The van der Waals surface area contributed by atoms with Crippen LogP contribution < -0.4 is 4.74 Å². The molecule has 0 N–H and O–H groups in total. The van der Waals surface area contributed by atoms with Crippen molar-refractivity contribution in [2.24, 2.45) is 0 Å². The molecular weight excluding hydrogens is 335 g/mol. The third kappa shape index (κ3) is 4.21. The van der Waals surface area contributed by atoms with Gasteiger partial charge in [-0.25, -0.2) is 13.6 Å². The largest absolute Gasteiger partial charge is 0.573 e. The average Bonchev–Trinajstić information content (AvgIpc) is 2.48. The van der Waals surface area contributed by atoms with Crippen LogP contribution in [0.5, 0.6) is 5.75 Å². The lowest BCUT2D eigenvalue weighted by atomic mass is 9.99. The van der Waals surface area contributed by atoms with E-state index in [1.165, 1.54) is 19.1 Å². The van der Waals surface area contributed by atoms with Gasteiger partial charge in [0.25, 0.3) is 0 Å². The molecule has 0 radical (unpaired) electrons. The number of rotatable bonds is 4. The maximum absolute atomic E-state index is 13.5. The first kappa shape index (κ1) is 17.7. The molecule has 0 saturated heterocycles. The SMILES string of the molecule is CCOC(=O)c1cc(F)c(F)cc1-c1cccc(OC(F)(F)F)c1. The predicted molar refractivity (Wildman–Crippen MR) is 74.4 cm³/mol. The molecule has 128 valence electrons. The molecule has 2 rings (SSSR count). The van der Waals surface area contributed by atoms with Crippen molar-refractivity contribution < 1.29 is 36.2 Å². The fourth-order valence-corrected chi connectivity index (χ4v) is 2.02. The summed E-state index contributed by atoms with van der Waals surface area (Å²) in [5.74, 6) is -4.00. The Morgan fingerprint density at radius 2 is 1.75 bits per heavy atom. The van der Waals surface area contributed by atoms with Gasteiger partial charge >= 0.3 is 12.3 Å². The normalized spacial score (nSPS) is 11.2. The van der Waals surface area contributed by atoms with Crippen molar-refractivity contribution in [1.82, 2.24) is 0 Å². The van der Waals surface area contributed by atoms with E-state index in [9.17, 15) is 26.7 Å². The zero-order valence-corrected chi connectivity index (χ0v) is 12.3. The number of carbonyl (C=O) groups excluding carboxylic acids is 1. The fourth-order valence-electron chi connectivity index (χ4n) is 2.02. The van der Waals surface area contributed by atoms with Crippen molar-refractivity contribution in [3.63, 3.8) is 0 Å². The van der Waals surface area contributed by atoms with Crippen molar-refractivity contribution in [2.45, 2.75) is 13.3 Å². The van der Waals surface area contributed by atoms with E-state index in [-0.39, 0.29) is 23.3 Å². The minimum absolute atomic E-state index is 0.00546. The summed E-state index contributed by atoms with van der Waals surface area (Å²) in [5.41, 5.74) is -0.376. The highest BCUT2D eigenvalue weighted by molar-refractivity contribution is 5.97. The lowest BCUT2D eigenvalue weighted by Gasteiger charge is -2.13. The van der Waals surface area contributed by atoms with E-state index >= 15 is 0 Å². The summed E-state index contributed by atoms with van der Waals surface area (Å²) in [6.07, 6.45) is -4.91. The van der Waals surface area contributed by atoms with Gasteiger partial charge in [0.1, 0.15) is 5.75 Å². The summed E-state index contributed by atoms with van der Waals surface area (Å²) in [6.45, 7) is 1.52. The Morgan fingerprint density at radius 1 is 1.08 bits per heavy atom. The Balaban J connectivity index is 2.53. The van der Waals surface area contributed by atoms with Gasteiger partial charge in [0, 0.05) is 0 Å². The first-order chi connectivity index (χ1) is 11.2. The number of esters is 1. The Morgan fingerprint density at radius 3 is 2.38 bits per heavy atom. The average molecular weight is 346 g/mol. The minimum atomic E-state index is -4.91. The van der Waals surface area contributed by atoms with Gasteiger partial charge in [-0.1, -0.05) is 12.1 Å². The first-order valence-corrected chi connectivity index (χ1v) is 6.73. The van der Waals surface area contributed by atoms with Crippen molar-refractivity contribution in [1.29, 1.82) is 0 Å². The molecule has 0 bridgehead atoms. The molecule has 24 heavy (non-hydrogen) atoms. The predicted octanol–water partition coefficient (Wildman–Crippen LogP) is 4.71. The van der Waals surface area contributed by atoms with Gasteiger partial charge < -0.3 is 9.47 Å². The number of hydrogen-bond donors (Lipinski definition) is 0. The molecule has 0 aliphatic carbocycles. The molecule has 0 heterocycles. The molecule has 0 aliphatic heterocycles. The number of hydrogen-bond acceptors (Lipinski definition) is 3. The monoisotopic (exact) mass is 346 g/mol. The standard InChI is InChI=1S/C16H11F5O3/c1-2-23-15(22)12-8-14(18)13(17)7-11(12)9-4-3-5-10(6-9)24-16(19,20)21/h3-8H,2H2,1H3. The molecule has 0 aliphatic rings. The summed E-state index contributed by atoms with van der Waals surface area (Å²) in [7, 11) is 0. The van der Waals surface area contributed by atoms with E-state index in [2.05, 4.69) is 4.74 Å². The van der Waals surface area contributed by atoms with Crippen molar-refractivity contribution in [2.75, 3.05) is 6.61 Å². The number of benzene rings is 2. The van der Waals surface area contributed by atoms with Crippen molar-refractivity contribution in [3.8, 4) is 16.9 Å². The van der Waals surface area contributed by atoms with E-state index in [0.29, 0.717) is 12.1 Å². The molecular formula is C16H11F5O3. The second-order valence-electron chi connectivity index (χ2n) is 4.61. The Labute approximate surface area is 133 Å². The van der Waals surface area contributed by atoms with Crippen LogP contribution in [0.2, 0.25) is 0 Å². The van der Waals surface area contributed by atoms with Crippen LogP contribution in [0.1, 0.15) is 17.3 Å². The summed E-state index contributed by atoms with van der Waals surface area (Å²) in [5, 5.41) is 0. The zero-order chi connectivity index (χ0) is 17.9. The van der Waals surface area contributed by atoms with Gasteiger partial charge in [0.15, 0.2) is 11.6 Å². The molecule has 2 aromatic carbocycles. The van der Waals surface area contributed by atoms with Crippen LogP contribution in [0.3, 0.4) is 0 Å². The molecule has 0 saturated carbocycles. The van der Waals surface area contributed by atoms with Crippen LogP contribution in [0.4, 0.5) is 22.0 Å². The van der Waals surface area contributed by atoms with E-state index in [4.69, 9.17) is 4.74 Å². The van der Waals surface area contributed by atoms with Gasteiger partial charge in [-0.15, -0.1) is 13.2 Å². The molecule has 0 unspecified atom stereocenters. The smallest absolute Gasteiger partial charge is 0.462 e. The van der Waals surface area contributed by atoms with Gasteiger partial charge in [-0.05, 0) is 42.3 Å². The minimum Gasteiger partial charge on any atom is -0.462 e. The Hall–Kier alpha value is -2.64. The number of alkyl halides is 3. The molecule has 0 spiro atoms. The van der Waals surface area contributed by atoms with Crippen LogP contribution in [-0.2, 0) is 4.74 Å². The van der Waals surface area contributed by atoms with Crippen molar-refractivity contribution >= 4 is 5.97 Å². The highest BCUT2D eigenvalue weighted by Crippen LogP contribution is 2.31. The summed E-state index contributed by atoms with van der Waals surface area (Å²) in [6, 6.07) is 5.92. The summed E-state index contributed by atoms with van der Waals surface area (Å²) < 4.78 is 72.4. The molecule has 8 heteroatoms. The second-order valence-corrected chi connectivity index (χ2v) is 4.61. The van der Waals surface area contributed by atoms with Crippen LogP contribution in [0.25, 0.3) is 11.1 Å². The number of carbonyl (C=O) groups is 1. The van der Waals surface area contributed by atoms with Crippen molar-refractivity contribution in [3.05, 3.63) is 53.6 Å². The van der Waals surface area contributed by atoms with E-state index in [1.54, 1.807) is 0 Å². The molecule has 2 aromatic rings. The lowest BCUT2D eigenvalue weighted by Crippen LogP contribution is -2.17. The van der Waals surface area contributed by atoms with Crippen LogP contribution in [0, 0.1) is 11.6 Å².